The zero-order valence-electron chi connectivity index (χ0n) is 12.0. The molecule has 0 radical (unpaired) electrons. The van der Waals surface area contributed by atoms with Crippen molar-refractivity contribution < 1.29 is 4.74 Å². The van der Waals surface area contributed by atoms with Gasteiger partial charge in [0.25, 0.3) is 0 Å². The molecule has 116 valence electrons. The fourth-order valence-electron chi connectivity index (χ4n) is 2.33. The van der Waals surface area contributed by atoms with Crippen molar-refractivity contribution in [1.82, 2.24) is 29.1 Å². The molecule has 3 aromatic heterocycles. The number of rotatable bonds is 3. The molecule has 0 spiro atoms. The lowest BCUT2D eigenvalue weighted by atomic mass is 10.3. The number of halogens is 1. The van der Waals surface area contributed by atoms with Crippen molar-refractivity contribution in [2.75, 3.05) is 0 Å². The van der Waals surface area contributed by atoms with Crippen LogP contribution in [0.15, 0.2) is 39.9 Å². The molecule has 3 heterocycles. The van der Waals surface area contributed by atoms with Crippen molar-refractivity contribution in [1.29, 1.82) is 0 Å². The summed E-state index contributed by atoms with van der Waals surface area (Å²) >= 11 is 3.37. The van der Waals surface area contributed by atoms with E-state index in [1.165, 1.54) is 15.4 Å². The third-order valence-corrected chi connectivity index (χ3v) is 3.99. The van der Waals surface area contributed by atoms with E-state index in [1.54, 1.807) is 7.05 Å². The summed E-state index contributed by atoms with van der Waals surface area (Å²) in [5.41, 5.74) is 1.33. The summed E-state index contributed by atoms with van der Waals surface area (Å²) in [6.45, 7) is 0.169. The summed E-state index contributed by atoms with van der Waals surface area (Å²) in [5, 5.41) is 4.23. The number of ether oxygens (including phenoxy) is 1. The Labute approximate surface area is 137 Å². The van der Waals surface area contributed by atoms with Gasteiger partial charge in [-0.25, -0.2) is 14.8 Å². The van der Waals surface area contributed by atoms with Crippen molar-refractivity contribution >= 4 is 32.7 Å². The first-order chi connectivity index (χ1) is 11.1. The number of benzene rings is 1. The molecule has 0 aliphatic heterocycles. The number of nitrogens with zero attached hydrogens (tertiary/aromatic N) is 5. The van der Waals surface area contributed by atoms with Crippen molar-refractivity contribution in [2.24, 2.45) is 7.05 Å². The zero-order valence-corrected chi connectivity index (χ0v) is 13.6. The van der Waals surface area contributed by atoms with Crippen LogP contribution < -0.4 is 10.4 Å². The van der Waals surface area contributed by atoms with Crippen LogP contribution in [0.1, 0.15) is 5.82 Å². The molecular weight excluding hydrogens is 364 g/mol. The minimum Gasteiger partial charge on any atom is -0.486 e. The molecule has 1 N–H and O–H groups in total. The second kappa shape index (κ2) is 5.20. The first-order valence-electron chi connectivity index (χ1n) is 6.79. The molecule has 0 saturated carbocycles. The second-order valence-electron chi connectivity index (χ2n) is 4.95. The van der Waals surface area contributed by atoms with Crippen molar-refractivity contribution in [3.05, 3.63) is 51.4 Å². The van der Waals surface area contributed by atoms with Gasteiger partial charge in [0.1, 0.15) is 17.9 Å². The standard InChI is InChI=1S/C14H11BrN6O2/c1-20-12-11(16-7-17-12)13-18-10(19-21(13)14(20)22)6-23-9-4-2-8(15)3-5-9/h2-5,7H,6H2,1H3,(H,16,17). The molecule has 4 aromatic rings. The van der Waals surface area contributed by atoms with Crippen LogP contribution in [0, 0.1) is 0 Å². The molecule has 0 saturated heterocycles. The Balaban J connectivity index is 1.73. The molecule has 0 amide bonds. The molecule has 0 bridgehead atoms. The molecule has 1 aromatic carbocycles. The van der Waals surface area contributed by atoms with Crippen molar-refractivity contribution in [3.8, 4) is 5.75 Å². The van der Waals surface area contributed by atoms with E-state index in [-0.39, 0.29) is 12.3 Å². The predicted molar refractivity (Wildman–Crippen MR) is 86.4 cm³/mol. The SMILES string of the molecule is Cn1c(=O)n2nc(COc3ccc(Br)cc3)nc2c2[nH]cnc21. The lowest BCUT2D eigenvalue weighted by molar-refractivity contribution is 0.296. The van der Waals surface area contributed by atoms with Gasteiger partial charge in [0.15, 0.2) is 17.1 Å². The van der Waals surface area contributed by atoms with Gasteiger partial charge in [0.05, 0.1) is 6.33 Å². The van der Waals surface area contributed by atoms with Crippen LogP contribution in [-0.2, 0) is 13.7 Å². The van der Waals surface area contributed by atoms with Gasteiger partial charge in [0.2, 0.25) is 0 Å². The van der Waals surface area contributed by atoms with E-state index in [4.69, 9.17) is 4.74 Å². The number of aromatic nitrogens is 6. The summed E-state index contributed by atoms with van der Waals surface area (Å²) in [4.78, 5) is 23.8. The average Bonchev–Trinajstić information content (AvgIpc) is 3.19. The number of aryl methyl sites for hydroxylation is 1. The summed E-state index contributed by atoms with van der Waals surface area (Å²) in [7, 11) is 1.64. The lowest BCUT2D eigenvalue weighted by Gasteiger charge is -2.02. The van der Waals surface area contributed by atoms with Gasteiger partial charge in [-0.15, -0.1) is 5.10 Å². The molecule has 0 atom stereocenters. The highest BCUT2D eigenvalue weighted by Gasteiger charge is 2.15. The molecule has 0 fully saturated rings. The fraction of sp³-hybridized carbons (Fsp3) is 0.143. The van der Waals surface area contributed by atoms with E-state index in [1.807, 2.05) is 24.3 Å². The number of fused-ring (bicyclic) bond motifs is 3. The van der Waals surface area contributed by atoms with Gasteiger partial charge in [-0.05, 0) is 24.3 Å². The number of hydrogen-bond donors (Lipinski definition) is 1. The summed E-state index contributed by atoms with van der Waals surface area (Å²) < 4.78 is 9.29. The van der Waals surface area contributed by atoms with E-state index in [0.717, 1.165) is 4.47 Å². The highest BCUT2D eigenvalue weighted by atomic mass is 79.9. The van der Waals surface area contributed by atoms with E-state index in [2.05, 4.69) is 36.0 Å². The fourth-order valence-corrected chi connectivity index (χ4v) is 2.59. The van der Waals surface area contributed by atoms with Gasteiger partial charge in [-0.3, -0.25) is 4.57 Å². The molecular formula is C14H11BrN6O2. The largest absolute Gasteiger partial charge is 0.486 e. The summed E-state index contributed by atoms with van der Waals surface area (Å²) in [5.74, 6) is 1.12. The summed E-state index contributed by atoms with van der Waals surface area (Å²) in [6, 6.07) is 7.45. The molecule has 0 unspecified atom stereocenters. The molecule has 8 nitrogen and oxygen atoms in total. The number of hydrogen-bond acceptors (Lipinski definition) is 5. The Morgan fingerprint density at radius 2 is 2.04 bits per heavy atom. The van der Waals surface area contributed by atoms with Gasteiger partial charge < -0.3 is 9.72 Å². The van der Waals surface area contributed by atoms with Crippen LogP contribution >= 0.6 is 15.9 Å². The van der Waals surface area contributed by atoms with Gasteiger partial charge in [-0.1, -0.05) is 15.9 Å². The molecule has 0 aliphatic carbocycles. The van der Waals surface area contributed by atoms with Crippen LogP contribution in [0.3, 0.4) is 0 Å². The van der Waals surface area contributed by atoms with Gasteiger partial charge in [0, 0.05) is 11.5 Å². The Morgan fingerprint density at radius 1 is 1.26 bits per heavy atom. The first-order valence-corrected chi connectivity index (χ1v) is 7.59. The van der Waals surface area contributed by atoms with Crippen LogP contribution in [0.5, 0.6) is 5.75 Å². The minimum absolute atomic E-state index is 0.169. The van der Waals surface area contributed by atoms with Crippen molar-refractivity contribution in [2.45, 2.75) is 6.61 Å². The van der Waals surface area contributed by atoms with Gasteiger partial charge in [-0.2, -0.15) is 4.52 Å². The summed E-state index contributed by atoms with van der Waals surface area (Å²) in [6.07, 6.45) is 1.52. The minimum atomic E-state index is -0.304. The zero-order chi connectivity index (χ0) is 16.0. The maximum atomic E-state index is 12.3. The normalized spacial score (nSPS) is 11.4. The third-order valence-electron chi connectivity index (χ3n) is 3.46. The number of nitrogens with one attached hydrogen (secondary N) is 1. The highest BCUT2D eigenvalue weighted by Crippen LogP contribution is 2.17. The Bertz CT molecular complexity index is 1060. The smallest absolute Gasteiger partial charge is 0.352 e. The van der Waals surface area contributed by atoms with Crippen molar-refractivity contribution in [3.63, 3.8) is 0 Å². The quantitative estimate of drug-likeness (QED) is 0.588. The maximum absolute atomic E-state index is 12.3. The van der Waals surface area contributed by atoms with Gasteiger partial charge >= 0.3 is 5.69 Å². The number of H-pyrrole nitrogens is 1. The topological polar surface area (TPSA) is 90.1 Å². The third kappa shape index (κ3) is 2.29. The highest BCUT2D eigenvalue weighted by molar-refractivity contribution is 9.10. The number of aromatic amines is 1. The monoisotopic (exact) mass is 374 g/mol. The lowest BCUT2D eigenvalue weighted by Crippen LogP contribution is -2.25. The first kappa shape index (κ1) is 13.9. The number of imidazole rings is 1. The van der Waals surface area contributed by atoms with Crippen LogP contribution in [0.2, 0.25) is 0 Å². The Kier molecular flexibility index (Phi) is 3.15. The molecule has 23 heavy (non-hydrogen) atoms. The maximum Gasteiger partial charge on any atom is 0.352 e. The molecule has 9 heteroatoms. The predicted octanol–water partition coefficient (Wildman–Crippen LogP) is 1.65. The van der Waals surface area contributed by atoms with Crippen LogP contribution in [-0.4, -0.2) is 29.1 Å². The van der Waals surface area contributed by atoms with E-state index >= 15 is 0 Å². The second-order valence-corrected chi connectivity index (χ2v) is 5.86. The van der Waals surface area contributed by atoms with E-state index in [0.29, 0.717) is 28.4 Å². The van der Waals surface area contributed by atoms with E-state index < -0.39 is 0 Å². The average molecular weight is 375 g/mol. The van der Waals surface area contributed by atoms with Crippen LogP contribution in [0.25, 0.3) is 16.8 Å². The Morgan fingerprint density at radius 3 is 2.83 bits per heavy atom. The molecule has 4 rings (SSSR count). The molecule has 0 aliphatic rings. The van der Waals surface area contributed by atoms with Crippen LogP contribution in [0.4, 0.5) is 0 Å². The Hall–Kier alpha value is -2.68. The van der Waals surface area contributed by atoms with E-state index in [9.17, 15) is 4.79 Å².